The smallest absolute Gasteiger partial charge is 0.270 e. The number of hydrogen-bond acceptors (Lipinski definition) is 4. The quantitative estimate of drug-likeness (QED) is 0.172. The van der Waals surface area contributed by atoms with E-state index in [2.05, 4.69) is 15.6 Å². The summed E-state index contributed by atoms with van der Waals surface area (Å²) in [4.78, 5) is 17.4. The fourth-order valence-electron chi connectivity index (χ4n) is 3.13. The molecule has 1 aromatic carbocycles. The van der Waals surface area contributed by atoms with Gasteiger partial charge in [-0.2, -0.15) is 0 Å². The number of hydrogen-bond donors (Lipinski definition) is 3. The van der Waals surface area contributed by atoms with Crippen LogP contribution in [0.15, 0.2) is 36.5 Å². The van der Waals surface area contributed by atoms with Crippen molar-refractivity contribution in [2.45, 2.75) is 26.8 Å². The van der Waals surface area contributed by atoms with Gasteiger partial charge < -0.3 is 13.7 Å². The molecule has 0 fully saturated rings. The van der Waals surface area contributed by atoms with E-state index in [9.17, 15) is 9.18 Å². The molecule has 2 aromatic heterocycles. The molecule has 0 aliphatic carbocycles. The number of carbonyl (C=O) groups excluding carboxylic acids is 1. The Kier molecular flexibility index (Phi) is 7.24. The van der Waals surface area contributed by atoms with Crippen molar-refractivity contribution >= 4 is 46.4 Å². The summed E-state index contributed by atoms with van der Waals surface area (Å²) in [6.45, 7) is 5.24. The largest absolute Gasteiger partial charge is 0.381 e. The number of aryl methyl sites for hydroxylation is 2. The van der Waals surface area contributed by atoms with Crippen molar-refractivity contribution in [1.82, 2.24) is 17.8 Å². The third-order valence-corrected chi connectivity index (χ3v) is 5.42. The first-order valence-electron chi connectivity index (χ1n) is 9.64. The van der Waals surface area contributed by atoms with E-state index >= 15 is 0 Å². The Labute approximate surface area is 188 Å². The van der Waals surface area contributed by atoms with E-state index < -0.39 is 0 Å². The van der Waals surface area contributed by atoms with Gasteiger partial charge in [0.1, 0.15) is 17.2 Å². The van der Waals surface area contributed by atoms with E-state index in [1.807, 2.05) is 59.4 Å². The lowest BCUT2D eigenvalue weighted by Crippen LogP contribution is -2.25. The molecule has 0 aliphatic heterocycles. The summed E-state index contributed by atoms with van der Waals surface area (Å²) >= 11 is 2.01. The van der Waals surface area contributed by atoms with Crippen molar-refractivity contribution in [1.29, 1.82) is 5.41 Å². The maximum atomic E-state index is 14.4. The molecule has 0 aliphatic rings. The van der Waals surface area contributed by atoms with E-state index in [0.717, 1.165) is 16.9 Å². The number of anilines is 1. The number of carbonyl (C=O) groups is 1. The molecule has 3 aromatic rings. The van der Waals surface area contributed by atoms with Gasteiger partial charge in [0, 0.05) is 25.8 Å². The number of benzene rings is 1. The molecule has 0 saturated heterocycles. The summed E-state index contributed by atoms with van der Waals surface area (Å²) in [5, 5.41) is 13.0. The number of nitrogens with zero attached hydrogens (tertiary/aromatic N) is 3. The van der Waals surface area contributed by atoms with Crippen LogP contribution in [-0.4, -0.2) is 37.8 Å². The highest BCUT2D eigenvalue weighted by Gasteiger charge is 2.18. The van der Waals surface area contributed by atoms with Crippen LogP contribution in [0.1, 0.15) is 34.2 Å². The molecule has 0 spiro atoms. The Hall–Kier alpha value is -2.69. The second-order valence-electron chi connectivity index (χ2n) is 6.87. The Morgan fingerprint density at radius 3 is 2.87 bits per heavy atom. The van der Waals surface area contributed by atoms with E-state index in [1.165, 1.54) is 12.4 Å². The number of rotatable bonds is 9. The van der Waals surface area contributed by atoms with Crippen molar-refractivity contribution in [2.24, 2.45) is 0 Å². The second-order valence-corrected chi connectivity index (χ2v) is 8.11. The number of imidazole rings is 1. The second kappa shape index (κ2) is 9.88. The predicted molar refractivity (Wildman–Crippen MR) is 125 cm³/mol. The Bertz CT molecular complexity index is 1070. The third-order valence-electron chi connectivity index (χ3n) is 4.66. The van der Waals surface area contributed by atoms with Gasteiger partial charge in [-0.1, -0.05) is 19.1 Å². The number of amides is 1. The fourth-order valence-corrected chi connectivity index (χ4v) is 3.37. The third kappa shape index (κ3) is 5.07. The van der Waals surface area contributed by atoms with Crippen LogP contribution in [0.5, 0.6) is 0 Å². The molecule has 3 N–H and O–H groups in total. The van der Waals surface area contributed by atoms with Crippen LogP contribution in [0, 0.1) is 18.2 Å². The highest BCUT2D eigenvalue weighted by Crippen LogP contribution is 2.17. The predicted octanol–water partition coefficient (Wildman–Crippen LogP) is 3.95. The van der Waals surface area contributed by atoms with Crippen LogP contribution >= 0.6 is 22.9 Å². The van der Waals surface area contributed by atoms with Crippen LogP contribution in [0.3, 0.4) is 0 Å². The van der Waals surface area contributed by atoms with Gasteiger partial charge >= 0.3 is 0 Å². The lowest BCUT2D eigenvalue weighted by Gasteiger charge is -2.13. The molecule has 7 nitrogen and oxygen atoms in total. The summed E-state index contributed by atoms with van der Waals surface area (Å²) in [5.41, 5.74) is 4.09. The van der Waals surface area contributed by atoms with Crippen molar-refractivity contribution in [3.8, 4) is 0 Å². The molecule has 1 amide bonds. The van der Waals surface area contributed by atoms with Gasteiger partial charge in [-0.15, -0.1) is 0 Å². The zero-order valence-corrected chi connectivity index (χ0v) is 19.0. The van der Waals surface area contributed by atoms with Gasteiger partial charge in [0.25, 0.3) is 5.91 Å². The molecular weight excluding hydrogens is 498 g/mol. The maximum Gasteiger partial charge on any atom is 0.270 e. The minimum absolute atomic E-state index is 0.216. The fraction of sp³-hybridized carbons (Fsp3) is 0.286. The van der Waals surface area contributed by atoms with Crippen LogP contribution in [0.25, 0.3) is 5.65 Å². The summed E-state index contributed by atoms with van der Waals surface area (Å²) in [5.74, 6) is -0.613. The summed E-state index contributed by atoms with van der Waals surface area (Å²) in [6, 6.07) is 8.72. The molecule has 0 bridgehead atoms. The normalized spacial score (nSPS) is 10.8. The number of nitrogens with one attached hydrogen (secondary N) is 3. The van der Waals surface area contributed by atoms with Gasteiger partial charge in [-0.25, -0.2) is 9.37 Å². The molecule has 158 valence electrons. The number of fused-ring (bicyclic) bond motifs is 1. The lowest BCUT2D eigenvalue weighted by atomic mass is 10.2. The summed E-state index contributed by atoms with van der Waals surface area (Å²) < 4.78 is 17.8. The van der Waals surface area contributed by atoms with Crippen molar-refractivity contribution in [2.75, 3.05) is 18.4 Å². The summed E-state index contributed by atoms with van der Waals surface area (Å²) in [7, 11) is 0. The Morgan fingerprint density at radius 2 is 2.17 bits per heavy atom. The van der Waals surface area contributed by atoms with Crippen molar-refractivity contribution in [3.63, 3.8) is 0 Å². The minimum Gasteiger partial charge on any atom is -0.381 e. The van der Waals surface area contributed by atoms with E-state index in [1.54, 1.807) is 15.2 Å². The van der Waals surface area contributed by atoms with Crippen LogP contribution < -0.4 is 10.6 Å². The van der Waals surface area contributed by atoms with Crippen LogP contribution in [0.4, 0.5) is 10.1 Å². The van der Waals surface area contributed by atoms with Gasteiger partial charge in [0.15, 0.2) is 0 Å². The highest BCUT2D eigenvalue weighted by atomic mass is 127. The molecular formula is C21H24FIN6O. The molecule has 2 heterocycles. The highest BCUT2D eigenvalue weighted by molar-refractivity contribution is 14.1. The molecule has 0 atom stereocenters. The van der Waals surface area contributed by atoms with Gasteiger partial charge in [0.2, 0.25) is 0 Å². The molecule has 30 heavy (non-hydrogen) atoms. The molecule has 0 unspecified atom stereocenters. The SMILES string of the molecule is CCc1nc2ccc(C)cn2c1C(=O)NCc1ccc(NCCN(I)C=N)c(F)c1. The van der Waals surface area contributed by atoms with Gasteiger partial charge in [-0.3, -0.25) is 14.6 Å². The Balaban J connectivity index is 1.68. The average Bonchev–Trinajstić information content (AvgIpc) is 3.11. The van der Waals surface area contributed by atoms with E-state index in [-0.39, 0.29) is 18.3 Å². The first-order chi connectivity index (χ1) is 14.4. The van der Waals surface area contributed by atoms with Gasteiger partial charge in [-0.05, 0) is 42.7 Å². The molecule has 0 saturated carbocycles. The monoisotopic (exact) mass is 522 g/mol. The maximum absolute atomic E-state index is 14.4. The minimum atomic E-state index is -0.378. The zero-order chi connectivity index (χ0) is 21.7. The van der Waals surface area contributed by atoms with Crippen molar-refractivity contribution < 1.29 is 9.18 Å². The summed E-state index contributed by atoms with van der Waals surface area (Å²) in [6.07, 6.45) is 3.75. The van der Waals surface area contributed by atoms with Gasteiger partial charge in [0.05, 0.1) is 40.6 Å². The standard InChI is InChI=1S/C21H24FIN6O/c1-3-17-20(29-12-14(2)4-7-19(29)27-17)21(30)26-11-15-5-6-18(16(22)10-15)25-8-9-28(23)13-24/h4-7,10,12-13,24-25H,3,8-9,11H2,1-2H3,(H,26,30). The van der Waals surface area contributed by atoms with E-state index in [4.69, 9.17) is 5.41 Å². The van der Waals surface area contributed by atoms with Crippen molar-refractivity contribution in [3.05, 3.63) is 64.9 Å². The van der Waals surface area contributed by atoms with Crippen LogP contribution in [-0.2, 0) is 13.0 Å². The molecule has 0 radical (unpaired) electrons. The topological polar surface area (TPSA) is 85.5 Å². The number of pyridine rings is 1. The van der Waals surface area contributed by atoms with Crippen LogP contribution in [0.2, 0.25) is 0 Å². The van der Waals surface area contributed by atoms with E-state index in [0.29, 0.717) is 36.5 Å². The average molecular weight is 522 g/mol. The Morgan fingerprint density at radius 1 is 1.37 bits per heavy atom. The molecule has 9 heteroatoms. The lowest BCUT2D eigenvalue weighted by molar-refractivity contribution is 0.0944. The number of aromatic nitrogens is 2. The first-order valence-corrected chi connectivity index (χ1v) is 10.6. The number of halogens is 2. The molecule has 3 rings (SSSR count). The zero-order valence-electron chi connectivity index (χ0n) is 16.9. The first kappa shape index (κ1) is 22.0.